The molecule has 0 radical (unpaired) electrons. The molecule has 0 fully saturated rings. The molecule has 0 spiro atoms. The first-order valence-electron chi connectivity index (χ1n) is 2.87. The third-order valence-electron chi connectivity index (χ3n) is 0.701. The van der Waals surface area contributed by atoms with Gasteiger partial charge in [-0.3, -0.25) is 0 Å². The molecule has 0 bridgehead atoms. The van der Waals surface area contributed by atoms with Crippen LogP contribution in [0.3, 0.4) is 0 Å². The minimum absolute atomic E-state index is 0.365. The van der Waals surface area contributed by atoms with Gasteiger partial charge in [-0.05, 0) is 5.92 Å². The van der Waals surface area contributed by atoms with E-state index in [1.165, 1.54) is 7.11 Å². The van der Waals surface area contributed by atoms with E-state index >= 15 is 0 Å². The van der Waals surface area contributed by atoms with E-state index in [1.807, 2.05) is 13.8 Å². The largest absolute Gasteiger partial charge is 0.507 e. The lowest BCUT2D eigenvalue weighted by atomic mass is 10.2. The molecule has 0 aromatic carbocycles. The number of hydrogen-bond acceptors (Lipinski definition) is 3. The number of hydrogen-bond donors (Lipinski definition) is 0. The van der Waals surface area contributed by atoms with E-state index in [0.717, 1.165) is 0 Å². The molecule has 0 saturated carbocycles. The van der Waals surface area contributed by atoms with Gasteiger partial charge in [-0.15, -0.1) is 0 Å². The number of rotatable bonds is 2. The Kier molecular flexibility index (Phi) is 3.84. The van der Waals surface area contributed by atoms with Crippen LogP contribution in [0.1, 0.15) is 13.8 Å². The third-order valence-corrected chi connectivity index (χ3v) is 0.701. The van der Waals surface area contributed by atoms with Crippen LogP contribution >= 0.6 is 0 Å². The predicted molar refractivity (Wildman–Crippen MR) is 33.2 cm³/mol. The summed E-state index contributed by atoms with van der Waals surface area (Å²) in [6.07, 6.45) is -0.608. The van der Waals surface area contributed by atoms with Crippen LogP contribution in [0.15, 0.2) is 0 Å². The van der Waals surface area contributed by atoms with Crippen LogP contribution < -0.4 is 0 Å². The number of carbonyl (C=O) groups excluding carboxylic acids is 1. The molecule has 3 nitrogen and oxygen atoms in total. The fourth-order valence-electron chi connectivity index (χ4n) is 0.294. The molecular formula is C6H12O3. The molecule has 0 aromatic rings. The molecule has 0 atom stereocenters. The second-order valence-electron chi connectivity index (χ2n) is 2.16. The van der Waals surface area contributed by atoms with E-state index in [9.17, 15) is 4.79 Å². The van der Waals surface area contributed by atoms with Gasteiger partial charge in [0.2, 0.25) is 0 Å². The summed E-state index contributed by atoms with van der Waals surface area (Å²) >= 11 is 0. The van der Waals surface area contributed by atoms with Crippen LogP contribution in [0.25, 0.3) is 0 Å². The lowest BCUT2D eigenvalue weighted by Crippen LogP contribution is -2.09. The van der Waals surface area contributed by atoms with Crippen molar-refractivity contribution in [2.75, 3.05) is 13.7 Å². The molecule has 0 aromatic heterocycles. The van der Waals surface area contributed by atoms with E-state index < -0.39 is 6.16 Å². The molecule has 0 aliphatic rings. The Morgan fingerprint density at radius 1 is 1.56 bits per heavy atom. The Balaban J connectivity index is 3.17. The van der Waals surface area contributed by atoms with Crippen LogP contribution in [0.2, 0.25) is 0 Å². The van der Waals surface area contributed by atoms with Gasteiger partial charge >= 0.3 is 6.16 Å². The SMILES string of the molecule is COC(=O)OCC(C)C. The van der Waals surface area contributed by atoms with Crippen molar-refractivity contribution in [1.82, 2.24) is 0 Å². The first-order valence-corrected chi connectivity index (χ1v) is 2.87. The van der Waals surface area contributed by atoms with Crippen molar-refractivity contribution in [1.29, 1.82) is 0 Å². The van der Waals surface area contributed by atoms with Crippen molar-refractivity contribution in [2.24, 2.45) is 5.92 Å². The minimum atomic E-state index is -0.608. The average molecular weight is 132 g/mol. The predicted octanol–water partition coefficient (Wildman–Crippen LogP) is 1.43. The Bertz CT molecular complexity index is 88.3. The highest BCUT2D eigenvalue weighted by atomic mass is 16.7. The van der Waals surface area contributed by atoms with Gasteiger partial charge in [-0.25, -0.2) is 4.79 Å². The van der Waals surface area contributed by atoms with E-state index in [2.05, 4.69) is 9.47 Å². The van der Waals surface area contributed by atoms with Crippen LogP contribution in [-0.4, -0.2) is 19.9 Å². The summed E-state index contributed by atoms with van der Waals surface area (Å²) in [6.45, 7) is 4.35. The van der Waals surface area contributed by atoms with Crippen molar-refractivity contribution in [3.63, 3.8) is 0 Å². The average Bonchev–Trinajstić information content (AvgIpc) is 1.83. The lowest BCUT2D eigenvalue weighted by Gasteiger charge is -2.03. The molecule has 0 aliphatic carbocycles. The highest BCUT2D eigenvalue weighted by molar-refractivity contribution is 5.59. The smallest absolute Gasteiger partial charge is 0.438 e. The van der Waals surface area contributed by atoms with Crippen molar-refractivity contribution in [3.05, 3.63) is 0 Å². The van der Waals surface area contributed by atoms with Crippen molar-refractivity contribution >= 4 is 6.16 Å². The van der Waals surface area contributed by atoms with Crippen LogP contribution in [-0.2, 0) is 9.47 Å². The molecule has 0 amide bonds. The Labute approximate surface area is 55.0 Å². The Morgan fingerprint density at radius 3 is 2.44 bits per heavy atom. The summed E-state index contributed by atoms with van der Waals surface area (Å²) in [5.74, 6) is 0.365. The summed E-state index contributed by atoms with van der Waals surface area (Å²) in [5.41, 5.74) is 0. The van der Waals surface area contributed by atoms with Gasteiger partial charge in [0.25, 0.3) is 0 Å². The van der Waals surface area contributed by atoms with Gasteiger partial charge in [-0.1, -0.05) is 13.8 Å². The van der Waals surface area contributed by atoms with E-state index in [4.69, 9.17) is 0 Å². The van der Waals surface area contributed by atoms with E-state index in [0.29, 0.717) is 12.5 Å². The molecule has 0 unspecified atom stereocenters. The molecule has 0 N–H and O–H groups in total. The van der Waals surface area contributed by atoms with Crippen LogP contribution in [0.5, 0.6) is 0 Å². The molecule has 0 heterocycles. The molecule has 3 heteroatoms. The van der Waals surface area contributed by atoms with Gasteiger partial charge in [0.1, 0.15) is 0 Å². The normalized spacial score (nSPS) is 9.33. The summed E-state index contributed by atoms with van der Waals surface area (Å²) in [4.78, 5) is 10.3. The molecule has 0 aliphatic heterocycles. The van der Waals surface area contributed by atoms with E-state index in [1.54, 1.807) is 0 Å². The zero-order valence-electron chi connectivity index (χ0n) is 6.01. The van der Waals surface area contributed by atoms with Gasteiger partial charge in [0, 0.05) is 0 Å². The quantitative estimate of drug-likeness (QED) is 0.533. The third kappa shape index (κ3) is 5.14. The van der Waals surface area contributed by atoms with Gasteiger partial charge < -0.3 is 9.47 Å². The number of ether oxygens (including phenoxy) is 2. The zero-order chi connectivity index (χ0) is 7.28. The molecular weight excluding hydrogens is 120 g/mol. The lowest BCUT2D eigenvalue weighted by molar-refractivity contribution is 0.0638. The standard InChI is InChI=1S/C6H12O3/c1-5(2)4-9-6(7)8-3/h5H,4H2,1-3H3. The molecule has 0 saturated heterocycles. The topological polar surface area (TPSA) is 35.5 Å². The molecule has 54 valence electrons. The maximum absolute atomic E-state index is 10.3. The highest BCUT2D eigenvalue weighted by Crippen LogP contribution is 1.93. The number of methoxy groups -OCH3 is 1. The monoisotopic (exact) mass is 132 g/mol. The minimum Gasteiger partial charge on any atom is -0.438 e. The van der Waals surface area contributed by atoms with E-state index in [-0.39, 0.29) is 0 Å². The first kappa shape index (κ1) is 8.27. The summed E-state index contributed by atoms with van der Waals surface area (Å²) in [5, 5.41) is 0. The maximum Gasteiger partial charge on any atom is 0.507 e. The van der Waals surface area contributed by atoms with Gasteiger partial charge in [0.05, 0.1) is 13.7 Å². The van der Waals surface area contributed by atoms with Crippen molar-refractivity contribution in [2.45, 2.75) is 13.8 Å². The summed E-state index contributed by atoms with van der Waals surface area (Å²) in [6, 6.07) is 0. The molecule has 9 heavy (non-hydrogen) atoms. The fraction of sp³-hybridized carbons (Fsp3) is 0.833. The first-order chi connectivity index (χ1) is 4.16. The van der Waals surface area contributed by atoms with Gasteiger partial charge in [0.15, 0.2) is 0 Å². The second kappa shape index (κ2) is 4.18. The number of carbonyl (C=O) groups is 1. The Morgan fingerprint density at radius 2 is 2.11 bits per heavy atom. The van der Waals surface area contributed by atoms with Crippen LogP contribution in [0.4, 0.5) is 4.79 Å². The zero-order valence-corrected chi connectivity index (χ0v) is 6.01. The van der Waals surface area contributed by atoms with Crippen LogP contribution in [0, 0.1) is 5.92 Å². The molecule has 0 rings (SSSR count). The fourth-order valence-corrected chi connectivity index (χ4v) is 0.294. The Hall–Kier alpha value is -0.730. The highest BCUT2D eigenvalue weighted by Gasteiger charge is 2.00. The van der Waals surface area contributed by atoms with Crippen molar-refractivity contribution < 1.29 is 14.3 Å². The second-order valence-corrected chi connectivity index (χ2v) is 2.16. The van der Waals surface area contributed by atoms with Gasteiger partial charge in [-0.2, -0.15) is 0 Å². The summed E-state index contributed by atoms with van der Waals surface area (Å²) in [7, 11) is 1.29. The summed E-state index contributed by atoms with van der Waals surface area (Å²) < 4.78 is 8.83. The van der Waals surface area contributed by atoms with Crippen molar-refractivity contribution in [3.8, 4) is 0 Å². The maximum atomic E-state index is 10.3.